The van der Waals surface area contributed by atoms with E-state index in [-0.39, 0.29) is 11.9 Å². The second-order valence-electron chi connectivity index (χ2n) is 13.1. The van der Waals surface area contributed by atoms with Crippen LogP contribution in [0.5, 0.6) is 5.75 Å². The number of carbonyl (C=O) groups is 1. The van der Waals surface area contributed by atoms with Crippen molar-refractivity contribution in [3.8, 4) is 22.9 Å². The lowest BCUT2D eigenvalue weighted by atomic mass is 9.98. The molecule has 0 fully saturated rings. The summed E-state index contributed by atoms with van der Waals surface area (Å²) >= 11 is 13.8. The van der Waals surface area contributed by atoms with Crippen LogP contribution in [0, 0.1) is 39.0 Å². The first-order valence-electron chi connectivity index (χ1n) is 16.5. The number of benzene rings is 3. The SMILES string of the molecule is Cc1cc(OCCCc2c3n(c4c(-c5c(C)nn(C)c5C)cccc24)[C@H](C)C(Cl)N(c2cccc4cc(C#N)n(C)c24)C3=O)cc(C)c1Cl. The van der Waals surface area contributed by atoms with Crippen molar-refractivity contribution < 1.29 is 9.53 Å². The number of nitrogens with zero attached hydrogens (tertiary/aromatic N) is 6. The molecular formula is C39H38Cl2N6O2. The third kappa shape index (κ3) is 5.10. The van der Waals surface area contributed by atoms with E-state index in [4.69, 9.17) is 33.0 Å². The van der Waals surface area contributed by atoms with E-state index in [1.165, 1.54) is 0 Å². The van der Waals surface area contributed by atoms with Crippen LogP contribution in [0.25, 0.3) is 32.9 Å². The number of rotatable bonds is 7. The Labute approximate surface area is 296 Å². The van der Waals surface area contributed by atoms with Gasteiger partial charge in [0.2, 0.25) is 0 Å². The van der Waals surface area contributed by atoms with E-state index in [0.29, 0.717) is 36.5 Å². The fraction of sp³-hybridized carbons (Fsp3) is 0.308. The zero-order valence-electron chi connectivity index (χ0n) is 28.7. The molecule has 10 heteroatoms. The number of nitriles is 1. The molecule has 1 amide bonds. The Kier molecular flexibility index (Phi) is 8.25. The number of ether oxygens (including phenoxy) is 1. The topological polar surface area (TPSA) is 81.0 Å². The van der Waals surface area contributed by atoms with Crippen molar-refractivity contribution in [3.05, 3.63) is 99.1 Å². The molecule has 4 heterocycles. The number of fused-ring (bicyclic) bond motifs is 4. The number of aryl methyl sites for hydroxylation is 6. The molecule has 6 aromatic rings. The van der Waals surface area contributed by atoms with Gasteiger partial charge in [-0.15, -0.1) is 0 Å². The van der Waals surface area contributed by atoms with Gasteiger partial charge in [-0.25, -0.2) is 0 Å². The van der Waals surface area contributed by atoms with E-state index in [1.54, 1.807) is 4.90 Å². The molecule has 0 radical (unpaired) electrons. The van der Waals surface area contributed by atoms with Crippen LogP contribution in [-0.2, 0) is 20.5 Å². The zero-order valence-corrected chi connectivity index (χ0v) is 30.2. The van der Waals surface area contributed by atoms with E-state index in [0.717, 1.165) is 71.8 Å². The predicted molar refractivity (Wildman–Crippen MR) is 197 cm³/mol. The molecule has 3 aromatic heterocycles. The van der Waals surface area contributed by atoms with Gasteiger partial charge in [0.25, 0.3) is 5.91 Å². The largest absolute Gasteiger partial charge is 0.494 e. The van der Waals surface area contributed by atoms with Crippen molar-refractivity contribution in [1.82, 2.24) is 18.9 Å². The Morgan fingerprint density at radius 3 is 2.39 bits per heavy atom. The van der Waals surface area contributed by atoms with E-state index >= 15 is 4.79 Å². The van der Waals surface area contributed by atoms with Gasteiger partial charge < -0.3 is 13.9 Å². The van der Waals surface area contributed by atoms with Crippen molar-refractivity contribution >= 4 is 56.6 Å². The van der Waals surface area contributed by atoms with Gasteiger partial charge in [0.15, 0.2) is 0 Å². The number of carbonyl (C=O) groups excluding carboxylic acids is 1. The van der Waals surface area contributed by atoms with Crippen molar-refractivity contribution in [2.24, 2.45) is 14.1 Å². The first-order chi connectivity index (χ1) is 23.4. The summed E-state index contributed by atoms with van der Waals surface area (Å²) in [5.74, 6) is 0.605. The number of aromatic nitrogens is 4. The number of amides is 1. The highest BCUT2D eigenvalue weighted by atomic mass is 35.5. The number of hydrogen-bond donors (Lipinski definition) is 0. The molecule has 0 saturated heterocycles. The van der Waals surface area contributed by atoms with Gasteiger partial charge in [-0.2, -0.15) is 10.4 Å². The minimum atomic E-state index is -0.696. The second kappa shape index (κ2) is 12.3. The molecule has 0 spiro atoms. The van der Waals surface area contributed by atoms with E-state index in [2.05, 4.69) is 42.7 Å². The average molecular weight is 694 g/mol. The minimum Gasteiger partial charge on any atom is -0.494 e. The van der Waals surface area contributed by atoms with Crippen LogP contribution in [0.3, 0.4) is 0 Å². The highest BCUT2D eigenvalue weighted by molar-refractivity contribution is 6.32. The zero-order chi connectivity index (χ0) is 34.9. The monoisotopic (exact) mass is 692 g/mol. The Morgan fingerprint density at radius 2 is 1.71 bits per heavy atom. The van der Waals surface area contributed by atoms with Crippen molar-refractivity contribution in [2.45, 2.75) is 59.0 Å². The number of halogens is 2. The summed E-state index contributed by atoms with van der Waals surface area (Å²) in [6.07, 6.45) is 1.30. The van der Waals surface area contributed by atoms with Gasteiger partial charge >= 0.3 is 0 Å². The van der Waals surface area contributed by atoms with Gasteiger partial charge in [0.05, 0.1) is 35.1 Å². The number of alkyl halides is 1. The lowest BCUT2D eigenvalue weighted by Gasteiger charge is -2.39. The fourth-order valence-corrected chi connectivity index (χ4v) is 8.04. The van der Waals surface area contributed by atoms with Gasteiger partial charge in [-0.3, -0.25) is 14.4 Å². The molecule has 1 unspecified atom stereocenters. The van der Waals surface area contributed by atoms with Crippen LogP contribution in [0.4, 0.5) is 5.69 Å². The van der Waals surface area contributed by atoms with Gasteiger partial charge in [-0.05, 0) is 88.4 Å². The summed E-state index contributed by atoms with van der Waals surface area (Å²) in [7, 11) is 3.80. The number of para-hydroxylation sites is 2. The average Bonchev–Trinajstić information content (AvgIpc) is 3.68. The summed E-state index contributed by atoms with van der Waals surface area (Å²) in [5, 5.41) is 17.2. The standard InChI is InChI=1S/C39H38Cl2N6O2/c1-21-17-28(18-22(2)34(21)40)49-16-10-14-30-29-12-9-13-31(33-23(3)43-45(7)24(33)4)36(29)46-25(5)38(41)47(39(48)37(30)46)32-15-8-11-26-19-27(20-42)44(6)35(26)32/h8-9,11-13,15,17-19,25,38H,10,14,16H2,1-7H3/t25-,38?/m1/s1. The summed E-state index contributed by atoms with van der Waals surface area (Å²) in [5.41, 5.74) is 9.86. The van der Waals surface area contributed by atoms with Gasteiger partial charge in [-0.1, -0.05) is 53.5 Å². The smallest absolute Gasteiger partial charge is 0.276 e. The first-order valence-corrected chi connectivity index (χ1v) is 17.3. The van der Waals surface area contributed by atoms with E-state index < -0.39 is 5.50 Å². The third-order valence-electron chi connectivity index (χ3n) is 10.0. The van der Waals surface area contributed by atoms with Crippen molar-refractivity contribution in [1.29, 1.82) is 5.26 Å². The molecule has 1 aliphatic heterocycles. The molecule has 0 saturated carbocycles. The van der Waals surface area contributed by atoms with Crippen molar-refractivity contribution in [2.75, 3.05) is 11.5 Å². The quantitative estimate of drug-likeness (QED) is 0.0950. The van der Waals surface area contributed by atoms with Crippen LogP contribution in [0.15, 0.2) is 54.6 Å². The van der Waals surface area contributed by atoms with Gasteiger partial charge in [0, 0.05) is 46.7 Å². The summed E-state index contributed by atoms with van der Waals surface area (Å²) in [4.78, 5) is 16.7. The third-order valence-corrected chi connectivity index (χ3v) is 11.2. The van der Waals surface area contributed by atoms with Crippen LogP contribution in [0.1, 0.15) is 63.6 Å². The maximum absolute atomic E-state index is 15.0. The van der Waals surface area contributed by atoms with E-state index in [9.17, 15) is 5.26 Å². The molecule has 0 N–H and O–H groups in total. The molecule has 0 aliphatic carbocycles. The summed E-state index contributed by atoms with van der Waals surface area (Å²) in [6.45, 7) is 10.6. The maximum Gasteiger partial charge on any atom is 0.276 e. The molecule has 1 aliphatic rings. The molecular weight excluding hydrogens is 655 g/mol. The summed E-state index contributed by atoms with van der Waals surface area (Å²) in [6, 6.07) is 19.8. The molecule has 8 nitrogen and oxygen atoms in total. The number of anilines is 1. The molecule has 250 valence electrons. The predicted octanol–water partition coefficient (Wildman–Crippen LogP) is 9.09. The molecule has 7 rings (SSSR count). The normalized spacial score (nSPS) is 16.1. The van der Waals surface area contributed by atoms with Crippen molar-refractivity contribution in [3.63, 3.8) is 0 Å². The lowest BCUT2D eigenvalue weighted by Crippen LogP contribution is -2.48. The lowest BCUT2D eigenvalue weighted by molar-refractivity contribution is 0.0951. The molecule has 0 bridgehead atoms. The summed E-state index contributed by atoms with van der Waals surface area (Å²) < 4.78 is 12.1. The highest BCUT2D eigenvalue weighted by Gasteiger charge is 2.42. The van der Waals surface area contributed by atoms with E-state index in [1.807, 2.05) is 80.5 Å². The molecule has 3 aromatic carbocycles. The molecule has 2 atom stereocenters. The van der Waals surface area contributed by atoms with Gasteiger partial charge in [0.1, 0.15) is 28.7 Å². The molecule has 49 heavy (non-hydrogen) atoms. The van der Waals surface area contributed by atoms with Crippen LogP contribution in [-0.4, -0.2) is 36.9 Å². The maximum atomic E-state index is 15.0. The minimum absolute atomic E-state index is 0.174. The Morgan fingerprint density at radius 1 is 1.00 bits per heavy atom. The number of hydrogen-bond acceptors (Lipinski definition) is 4. The first kappa shape index (κ1) is 32.8. The van der Waals surface area contributed by atoms with Crippen LogP contribution >= 0.6 is 23.2 Å². The Balaban J connectivity index is 1.38. The Hall–Kier alpha value is -4.71. The Bertz CT molecular complexity index is 2330. The second-order valence-corrected chi connectivity index (χ2v) is 13.9. The fourth-order valence-electron chi connectivity index (χ4n) is 7.62. The highest BCUT2D eigenvalue weighted by Crippen LogP contribution is 2.45. The van der Waals surface area contributed by atoms with Crippen LogP contribution < -0.4 is 9.64 Å². The van der Waals surface area contributed by atoms with Crippen LogP contribution in [0.2, 0.25) is 5.02 Å².